The van der Waals surface area contributed by atoms with Crippen molar-refractivity contribution in [2.45, 2.75) is 44.1 Å². The lowest BCUT2D eigenvalue weighted by Crippen LogP contribution is -2.57. The molecule has 3 heterocycles. The number of benzene rings is 1. The zero-order valence-corrected chi connectivity index (χ0v) is 16.4. The highest BCUT2D eigenvalue weighted by Gasteiger charge is 2.43. The van der Waals surface area contributed by atoms with Crippen LogP contribution < -0.4 is 0 Å². The molecule has 0 aliphatic carbocycles. The molecular formula is C22H27N3O3. The largest absolute Gasteiger partial charge is 0.464 e. The SMILES string of the molecule is CCOC(=O)N1CCC(C#N)(N2CCC(c3cccc4ccoc34)CC2)CC1. The summed E-state index contributed by atoms with van der Waals surface area (Å²) in [5.74, 6) is 0.460. The molecule has 0 spiro atoms. The average Bonchev–Trinajstić information content (AvgIpc) is 3.23. The number of ether oxygens (including phenoxy) is 1. The topological polar surface area (TPSA) is 69.7 Å². The molecule has 148 valence electrons. The van der Waals surface area contributed by atoms with Crippen molar-refractivity contribution in [3.05, 3.63) is 36.1 Å². The molecule has 2 saturated heterocycles. The van der Waals surface area contributed by atoms with Crippen molar-refractivity contribution < 1.29 is 13.9 Å². The molecule has 2 aliphatic heterocycles. The van der Waals surface area contributed by atoms with Crippen molar-refractivity contribution in [3.8, 4) is 6.07 Å². The average molecular weight is 381 g/mol. The summed E-state index contributed by atoms with van der Waals surface area (Å²) in [5, 5.41) is 11.1. The van der Waals surface area contributed by atoms with Crippen molar-refractivity contribution >= 4 is 17.1 Å². The van der Waals surface area contributed by atoms with E-state index in [1.807, 2.05) is 13.0 Å². The third kappa shape index (κ3) is 3.35. The molecule has 0 bridgehead atoms. The van der Waals surface area contributed by atoms with Gasteiger partial charge in [0.1, 0.15) is 11.1 Å². The number of likely N-dealkylation sites (tertiary alicyclic amines) is 2. The number of hydrogen-bond acceptors (Lipinski definition) is 5. The summed E-state index contributed by atoms with van der Waals surface area (Å²) in [6, 6.07) is 10.9. The first-order valence-electron chi connectivity index (χ1n) is 10.2. The monoisotopic (exact) mass is 381 g/mol. The van der Waals surface area contributed by atoms with Crippen molar-refractivity contribution in [1.82, 2.24) is 9.80 Å². The molecular weight excluding hydrogens is 354 g/mol. The highest BCUT2D eigenvalue weighted by Crippen LogP contribution is 2.38. The van der Waals surface area contributed by atoms with Crippen molar-refractivity contribution in [3.63, 3.8) is 0 Å². The highest BCUT2D eigenvalue weighted by molar-refractivity contribution is 5.80. The summed E-state index contributed by atoms with van der Waals surface area (Å²) in [6.45, 7) is 5.16. The summed E-state index contributed by atoms with van der Waals surface area (Å²) in [5.41, 5.74) is 1.81. The standard InChI is InChI=1S/C22H27N3O3/c1-2-27-21(26)24-13-9-22(16-23,10-14-24)25-11-6-17(7-12-25)19-5-3-4-18-8-15-28-20(18)19/h3-5,8,15,17H,2,6-7,9-14H2,1H3. The minimum absolute atomic E-state index is 0.265. The van der Waals surface area contributed by atoms with Gasteiger partial charge >= 0.3 is 6.09 Å². The zero-order chi connectivity index (χ0) is 19.6. The van der Waals surface area contributed by atoms with Gasteiger partial charge in [-0.05, 0) is 50.2 Å². The molecule has 6 nitrogen and oxygen atoms in total. The molecule has 6 heteroatoms. The van der Waals surface area contributed by atoms with Crippen LogP contribution in [0.2, 0.25) is 0 Å². The Morgan fingerprint density at radius 3 is 2.68 bits per heavy atom. The first kappa shape index (κ1) is 18.8. The lowest BCUT2D eigenvalue weighted by atomic mass is 9.82. The lowest BCUT2D eigenvalue weighted by molar-refractivity contribution is 0.0356. The number of rotatable bonds is 3. The van der Waals surface area contributed by atoms with Crippen LogP contribution in [-0.4, -0.2) is 54.2 Å². The number of carbonyl (C=O) groups excluding carboxylic acids is 1. The Labute approximate surface area is 165 Å². The Morgan fingerprint density at radius 2 is 2.00 bits per heavy atom. The molecule has 2 aliphatic rings. The number of piperidine rings is 2. The maximum absolute atomic E-state index is 12.0. The number of furan rings is 1. The summed E-state index contributed by atoms with van der Waals surface area (Å²) < 4.78 is 10.8. The van der Waals surface area contributed by atoms with Gasteiger partial charge < -0.3 is 14.1 Å². The Morgan fingerprint density at radius 1 is 1.25 bits per heavy atom. The van der Waals surface area contributed by atoms with Gasteiger partial charge in [-0.3, -0.25) is 4.90 Å². The van der Waals surface area contributed by atoms with E-state index >= 15 is 0 Å². The van der Waals surface area contributed by atoms with Crippen molar-refractivity contribution in [2.24, 2.45) is 0 Å². The number of carbonyl (C=O) groups is 1. The van der Waals surface area contributed by atoms with E-state index in [4.69, 9.17) is 9.15 Å². The highest BCUT2D eigenvalue weighted by atomic mass is 16.6. The second-order valence-electron chi connectivity index (χ2n) is 7.78. The Kier molecular flexibility index (Phi) is 5.27. The second-order valence-corrected chi connectivity index (χ2v) is 7.78. The maximum Gasteiger partial charge on any atom is 0.409 e. The van der Waals surface area contributed by atoms with E-state index in [-0.39, 0.29) is 6.09 Å². The Hall–Kier alpha value is -2.52. The molecule has 2 fully saturated rings. The molecule has 4 rings (SSSR count). The number of fused-ring (bicyclic) bond motifs is 1. The van der Waals surface area contributed by atoms with Gasteiger partial charge in [-0.15, -0.1) is 0 Å². The molecule has 0 atom stereocenters. The third-order valence-corrected chi connectivity index (χ3v) is 6.37. The van der Waals surface area contributed by atoms with Crippen LogP contribution in [0.25, 0.3) is 11.0 Å². The minimum Gasteiger partial charge on any atom is -0.464 e. The van der Waals surface area contributed by atoms with Crippen LogP contribution in [0.3, 0.4) is 0 Å². The van der Waals surface area contributed by atoms with Crippen LogP contribution in [0.4, 0.5) is 4.79 Å². The number of nitrogens with zero attached hydrogens (tertiary/aromatic N) is 3. The van der Waals surface area contributed by atoms with Gasteiger partial charge in [0, 0.05) is 31.6 Å². The number of para-hydroxylation sites is 1. The summed E-state index contributed by atoms with van der Waals surface area (Å²) in [4.78, 5) is 16.0. The Balaban J connectivity index is 1.41. The van der Waals surface area contributed by atoms with Gasteiger partial charge in [0.05, 0.1) is 18.9 Å². The predicted molar refractivity (Wildman–Crippen MR) is 106 cm³/mol. The molecule has 1 amide bonds. The number of amides is 1. The summed E-state index contributed by atoms with van der Waals surface area (Å²) in [7, 11) is 0. The van der Waals surface area contributed by atoms with Crippen LogP contribution in [0, 0.1) is 11.3 Å². The molecule has 0 unspecified atom stereocenters. The van der Waals surface area contributed by atoms with E-state index in [9.17, 15) is 10.1 Å². The van der Waals surface area contributed by atoms with Gasteiger partial charge in [0.25, 0.3) is 0 Å². The van der Waals surface area contributed by atoms with Crippen LogP contribution in [0.1, 0.15) is 44.1 Å². The van der Waals surface area contributed by atoms with Crippen LogP contribution in [0.5, 0.6) is 0 Å². The molecule has 0 N–H and O–H groups in total. The first-order chi connectivity index (χ1) is 13.7. The van der Waals surface area contributed by atoms with E-state index in [1.54, 1.807) is 11.2 Å². The third-order valence-electron chi connectivity index (χ3n) is 6.37. The molecule has 1 aromatic carbocycles. The quantitative estimate of drug-likeness (QED) is 0.800. The van der Waals surface area contributed by atoms with Gasteiger partial charge in [0.15, 0.2) is 0 Å². The molecule has 28 heavy (non-hydrogen) atoms. The first-order valence-corrected chi connectivity index (χ1v) is 10.2. The molecule has 1 aromatic heterocycles. The van der Waals surface area contributed by atoms with Crippen LogP contribution >= 0.6 is 0 Å². The lowest BCUT2D eigenvalue weighted by Gasteiger charge is -2.46. The number of hydrogen-bond donors (Lipinski definition) is 0. The van der Waals surface area contributed by atoms with Crippen LogP contribution in [-0.2, 0) is 4.74 Å². The van der Waals surface area contributed by atoms with E-state index < -0.39 is 5.54 Å². The fourth-order valence-electron chi connectivity index (χ4n) is 4.73. The smallest absolute Gasteiger partial charge is 0.409 e. The van der Waals surface area contributed by atoms with E-state index in [2.05, 4.69) is 29.2 Å². The Bertz CT molecular complexity index is 869. The summed E-state index contributed by atoms with van der Waals surface area (Å²) in [6.07, 6.45) is 4.89. The normalized spacial score (nSPS) is 20.8. The molecule has 0 radical (unpaired) electrons. The van der Waals surface area contributed by atoms with Gasteiger partial charge in [-0.25, -0.2) is 4.79 Å². The van der Waals surface area contributed by atoms with Crippen molar-refractivity contribution in [1.29, 1.82) is 5.26 Å². The van der Waals surface area contributed by atoms with Crippen LogP contribution in [0.15, 0.2) is 34.9 Å². The fourth-order valence-corrected chi connectivity index (χ4v) is 4.73. The second kappa shape index (κ2) is 7.84. The van der Waals surface area contributed by atoms with Gasteiger partial charge in [-0.1, -0.05) is 18.2 Å². The minimum atomic E-state index is -0.468. The van der Waals surface area contributed by atoms with Gasteiger partial charge in [-0.2, -0.15) is 5.26 Å². The zero-order valence-electron chi connectivity index (χ0n) is 16.4. The number of nitriles is 1. The van der Waals surface area contributed by atoms with E-state index in [0.717, 1.165) is 36.9 Å². The maximum atomic E-state index is 12.0. The van der Waals surface area contributed by atoms with E-state index in [0.29, 0.717) is 38.5 Å². The predicted octanol–water partition coefficient (Wildman–Crippen LogP) is 4.13. The summed E-state index contributed by atoms with van der Waals surface area (Å²) >= 11 is 0. The molecule has 0 saturated carbocycles. The van der Waals surface area contributed by atoms with Gasteiger partial charge in [0.2, 0.25) is 0 Å². The molecule has 2 aromatic rings. The van der Waals surface area contributed by atoms with E-state index in [1.165, 1.54) is 5.56 Å². The fraction of sp³-hybridized carbons (Fsp3) is 0.545. The van der Waals surface area contributed by atoms with Crippen molar-refractivity contribution in [2.75, 3.05) is 32.8 Å².